The van der Waals surface area contributed by atoms with Gasteiger partial charge in [-0.3, -0.25) is 4.90 Å². The molecule has 1 rings (SSSR count). The molecule has 0 saturated carbocycles. The summed E-state index contributed by atoms with van der Waals surface area (Å²) in [6, 6.07) is 9.07. The Morgan fingerprint density at radius 1 is 1.19 bits per heavy atom. The lowest BCUT2D eigenvalue weighted by molar-refractivity contribution is 0.126. The fourth-order valence-corrected chi connectivity index (χ4v) is 2.59. The number of hydrogen-bond acceptors (Lipinski definition) is 3. The molecule has 0 saturated heterocycles. The average Bonchev–Trinajstić information content (AvgIpc) is 2.46. The number of nitrogens with zero attached hydrogens (tertiary/aromatic N) is 1. The molecule has 3 nitrogen and oxygen atoms in total. The van der Waals surface area contributed by atoms with E-state index in [1.54, 1.807) is 7.11 Å². The molecule has 1 atom stereocenters. The van der Waals surface area contributed by atoms with Crippen LogP contribution in [0.3, 0.4) is 0 Å². The van der Waals surface area contributed by atoms with Crippen LogP contribution in [0.2, 0.25) is 5.02 Å². The molecule has 0 heterocycles. The Kier molecular flexibility index (Phi) is 8.93. The van der Waals surface area contributed by atoms with Gasteiger partial charge in [0.15, 0.2) is 0 Å². The topological polar surface area (TPSA) is 24.5 Å². The van der Waals surface area contributed by atoms with Crippen LogP contribution in [0.25, 0.3) is 0 Å². The third kappa shape index (κ3) is 6.79. The summed E-state index contributed by atoms with van der Waals surface area (Å²) in [7, 11) is 1.76. The van der Waals surface area contributed by atoms with Crippen molar-refractivity contribution in [1.82, 2.24) is 10.2 Å². The maximum atomic E-state index is 5.98. The van der Waals surface area contributed by atoms with Gasteiger partial charge >= 0.3 is 0 Å². The van der Waals surface area contributed by atoms with Crippen LogP contribution in [-0.4, -0.2) is 44.3 Å². The minimum Gasteiger partial charge on any atom is -0.383 e. The van der Waals surface area contributed by atoms with Crippen LogP contribution in [0, 0.1) is 0 Å². The molecule has 0 aliphatic rings. The summed E-state index contributed by atoms with van der Waals surface area (Å²) in [6.45, 7) is 10.4. The number of ether oxygens (including phenoxy) is 1. The molecule has 1 unspecified atom stereocenters. The van der Waals surface area contributed by atoms with Gasteiger partial charge in [0.05, 0.1) is 6.61 Å². The number of nitrogens with one attached hydrogen (secondary N) is 1. The minimum atomic E-state index is 0.371. The first-order valence-corrected chi connectivity index (χ1v) is 8.18. The van der Waals surface area contributed by atoms with Gasteiger partial charge in [-0.05, 0) is 44.5 Å². The summed E-state index contributed by atoms with van der Waals surface area (Å²) < 4.78 is 5.20. The maximum absolute atomic E-state index is 5.98. The molecule has 1 aromatic rings. The monoisotopic (exact) mass is 312 g/mol. The summed E-state index contributed by atoms with van der Waals surface area (Å²) in [5.41, 5.74) is 1.30. The zero-order valence-electron chi connectivity index (χ0n) is 13.7. The molecule has 0 fully saturated rings. The first-order valence-electron chi connectivity index (χ1n) is 7.80. The molecule has 0 aliphatic carbocycles. The van der Waals surface area contributed by atoms with E-state index in [2.05, 4.69) is 43.1 Å². The third-order valence-electron chi connectivity index (χ3n) is 3.74. The molecule has 1 N–H and O–H groups in total. The van der Waals surface area contributed by atoms with E-state index in [-0.39, 0.29) is 0 Å². The summed E-state index contributed by atoms with van der Waals surface area (Å²) in [6.07, 6.45) is 1.08. The molecule has 0 amide bonds. The summed E-state index contributed by atoms with van der Waals surface area (Å²) in [5, 5.41) is 4.36. The molecule has 0 bridgehead atoms. The van der Waals surface area contributed by atoms with Gasteiger partial charge in [0.2, 0.25) is 0 Å². The van der Waals surface area contributed by atoms with Crippen molar-refractivity contribution < 1.29 is 4.74 Å². The highest BCUT2D eigenvalue weighted by Crippen LogP contribution is 2.20. The minimum absolute atomic E-state index is 0.371. The van der Waals surface area contributed by atoms with E-state index >= 15 is 0 Å². The summed E-state index contributed by atoms with van der Waals surface area (Å²) >= 11 is 5.98. The van der Waals surface area contributed by atoms with Crippen molar-refractivity contribution in [2.24, 2.45) is 0 Å². The Morgan fingerprint density at radius 2 is 1.86 bits per heavy atom. The van der Waals surface area contributed by atoms with Gasteiger partial charge < -0.3 is 10.1 Å². The molecule has 4 heteroatoms. The van der Waals surface area contributed by atoms with Crippen molar-refractivity contribution in [3.05, 3.63) is 34.9 Å². The predicted octanol–water partition coefficient (Wildman–Crippen LogP) is 3.74. The van der Waals surface area contributed by atoms with Crippen molar-refractivity contribution in [2.75, 3.05) is 33.4 Å². The highest BCUT2D eigenvalue weighted by Gasteiger charge is 2.14. The third-order valence-corrected chi connectivity index (χ3v) is 3.99. The van der Waals surface area contributed by atoms with Crippen molar-refractivity contribution >= 4 is 11.6 Å². The van der Waals surface area contributed by atoms with Crippen molar-refractivity contribution in [3.63, 3.8) is 0 Å². The zero-order chi connectivity index (χ0) is 15.7. The van der Waals surface area contributed by atoms with E-state index in [1.807, 2.05) is 12.1 Å². The fraction of sp³-hybridized carbons (Fsp3) is 0.647. The standard InChI is InChI=1S/C17H29ClN2O/c1-5-19-17(15-6-8-16(18)9-7-15)10-11-20(14(2)3)12-13-21-4/h6-9,14,17,19H,5,10-13H2,1-4H3. The Balaban J connectivity index is 2.62. The van der Waals surface area contributed by atoms with Gasteiger partial charge in [0.25, 0.3) is 0 Å². The second-order valence-electron chi connectivity index (χ2n) is 5.57. The van der Waals surface area contributed by atoms with Crippen LogP contribution < -0.4 is 5.32 Å². The molecule has 120 valence electrons. The maximum Gasteiger partial charge on any atom is 0.0589 e. The molecule has 0 aromatic heterocycles. The van der Waals surface area contributed by atoms with Crippen LogP contribution in [0.5, 0.6) is 0 Å². The van der Waals surface area contributed by atoms with E-state index in [9.17, 15) is 0 Å². The lowest BCUT2D eigenvalue weighted by Crippen LogP contribution is -2.36. The second-order valence-corrected chi connectivity index (χ2v) is 6.01. The molecular formula is C17H29ClN2O. The second kappa shape index (κ2) is 10.2. The zero-order valence-corrected chi connectivity index (χ0v) is 14.5. The number of rotatable bonds is 10. The van der Waals surface area contributed by atoms with Gasteiger partial charge in [-0.15, -0.1) is 0 Å². The first kappa shape index (κ1) is 18.4. The Morgan fingerprint density at radius 3 is 2.38 bits per heavy atom. The van der Waals surface area contributed by atoms with Crippen LogP contribution in [0.15, 0.2) is 24.3 Å². The molecular weight excluding hydrogens is 284 g/mol. The predicted molar refractivity (Wildman–Crippen MR) is 91.1 cm³/mol. The molecule has 0 radical (unpaired) electrons. The lowest BCUT2D eigenvalue weighted by Gasteiger charge is -2.28. The summed E-state index contributed by atoms with van der Waals surface area (Å²) in [4.78, 5) is 2.46. The van der Waals surface area contributed by atoms with Crippen LogP contribution >= 0.6 is 11.6 Å². The number of hydrogen-bond donors (Lipinski definition) is 1. The van der Waals surface area contributed by atoms with E-state index in [4.69, 9.17) is 16.3 Å². The Hall–Kier alpha value is -0.610. The first-order chi connectivity index (χ1) is 10.1. The van der Waals surface area contributed by atoms with Crippen LogP contribution in [0.1, 0.15) is 38.8 Å². The number of methoxy groups -OCH3 is 1. The van der Waals surface area contributed by atoms with Gasteiger partial charge in [0.1, 0.15) is 0 Å². The molecule has 0 aliphatic heterocycles. The van der Waals surface area contributed by atoms with Crippen molar-refractivity contribution in [2.45, 2.75) is 39.3 Å². The Bertz CT molecular complexity index is 381. The number of benzene rings is 1. The molecule has 0 spiro atoms. The number of halogens is 1. The van der Waals surface area contributed by atoms with Crippen LogP contribution in [0.4, 0.5) is 0 Å². The van der Waals surface area contributed by atoms with Crippen molar-refractivity contribution in [1.29, 1.82) is 0 Å². The van der Waals surface area contributed by atoms with Gasteiger partial charge in [0, 0.05) is 37.3 Å². The smallest absolute Gasteiger partial charge is 0.0589 e. The molecule has 1 aromatic carbocycles. The average molecular weight is 313 g/mol. The highest BCUT2D eigenvalue weighted by molar-refractivity contribution is 6.30. The van der Waals surface area contributed by atoms with E-state index < -0.39 is 0 Å². The van der Waals surface area contributed by atoms with E-state index in [0.29, 0.717) is 12.1 Å². The Labute approximate surface area is 134 Å². The van der Waals surface area contributed by atoms with E-state index in [1.165, 1.54) is 5.56 Å². The van der Waals surface area contributed by atoms with Gasteiger partial charge in [-0.25, -0.2) is 0 Å². The van der Waals surface area contributed by atoms with Crippen molar-refractivity contribution in [3.8, 4) is 0 Å². The summed E-state index contributed by atoms with van der Waals surface area (Å²) in [5.74, 6) is 0. The quantitative estimate of drug-likeness (QED) is 0.712. The molecule has 21 heavy (non-hydrogen) atoms. The van der Waals surface area contributed by atoms with E-state index in [0.717, 1.165) is 37.7 Å². The van der Waals surface area contributed by atoms with Gasteiger partial charge in [-0.1, -0.05) is 30.7 Å². The largest absolute Gasteiger partial charge is 0.383 e. The lowest BCUT2D eigenvalue weighted by atomic mass is 10.0. The SMILES string of the molecule is CCNC(CCN(CCOC)C(C)C)c1ccc(Cl)cc1. The normalized spacial score (nSPS) is 13.1. The van der Waals surface area contributed by atoms with Crippen LogP contribution in [-0.2, 0) is 4.74 Å². The fourth-order valence-electron chi connectivity index (χ4n) is 2.46. The highest BCUT2D eigenvalue weighted by atomic mass is 35.5. The van der Waals surface area contributed by atoms with Gasteiger partial charge in [-0.2, -0.15) is 0 Å².